The second-order valence-corrected chi connectivity index (χ2v) is 10.5. The number of benzene rings is 2. The number of carbonyl (C=O) groups excluding carboxylic acids is 2. The lowest BCUT2D eigenvalue weighted by atomic mass is 9.85. The van der Waals surface area contributed by atoms with Crippen LogP contribution in [0, 0.1) is 0 Å². The maximum absolute atomic E-state index is 13.8. The monoisotopic (exact) mass is 486 g/mol. The Labute approximate surface area is 212 Å². The third-order valence-corrected chi connectivity index (χ3v) is 8.05. The molecule has 1 unspecified atom stereocenters. The van der Waals surface area contributed by atoms with E-state index in [4.69, 9.17) is 4.74 Å². The van der Waals surface area contributed by atoms with Gasteiger partial charge in [0.15, 0.2) is 0 Å². The van der Waals surface area contributed by atoms with Crippen molar-refractivity contribution in [2.45, 2.75) is 38.3 Å². The van der Waals surface area contributed by atoms with Gasteiger partial charge in [0.05, 0.1) is 25.8 Å². The van der Waals surface area contributed by atoms with Gasteiger partial charge >= 0.3 is 0 Å². The molecule has 2 fully saturated rings. The minimum absolute atomic E-state index is 0.0174. The van der Waals surface area contributed by atoms with Crippen LogP contribution in [0.5, 0.6) is 0 Å². The zero-order valence-electron chi connectivity index (χ0n) is 21.1. The average molecular weight is 487 g/mol. The topological polar surface area (TPSA) is 68.9 Å². The molecule has 2 amide bonds. The van der Waals surface area contributed by atoms with Crippen LogP contribution in [0.15, 0.2) is 48.5 Å². The van der Waals surface area contributed by atoms with Gasteiger partial charge in [-0.1, -0.05) is 56.3 Å². The van der Waals surface area contributed by atoms with Crippen LogP contribution in [-0.2, 0) is 20.7 Å². The van der Waals surface area contributed by atoms with Crippen LogP contribution >= 0.6 is 0 Å². The molecule has 1 aromatic heterocycles. The number of morpholine rings is 1. The van der Waals surface area contributed by atoms with E-state index in [0.717, 1.165) is 60.6 Å². The number of ether oxygens (including phenoxy) is 1. The number of nitrogens with zero attached hydrogens (tertiary/aromatic N) is 3. The van der Waals surface area contributed by atoms with E-state index >= 15 is 0 Å². The van der Waals surface area contributed by atoms with Crippen molar-refractivity contribution in [1.82, 2.24) is 19.7 Å². The van der Waals surface area contributed by atoms with Crippen LogP contribution in [0.4, 0.5) is 0 Å². The first kappa shape index (κ1) is 23.3. The first-order valence-electron chi connectivity index (χ1n) is 13.1. The van der Waals surface area contributed by atoms with Crippen LogP contribution < -0.4 is 0 Å². The first-order valence-corrected chi connectivity index (χ1v) is 13.1. The number of carbonyl (C=O) groups is 2. The molecule has 3 aromatic rings. The number of fused-ring (bicyclic) bond motifs is 4. The zero-order chi connectivity index (χ0) is 24.8. The number of amides is 2. The van der Waals surface area contributed by atoms with Crippen molar-refractivity contribution in [2.24, 2.45) is 0 Å². The summed E-state index contributed by atoms with van der Waals surface area (Å²) >= 11 is 0. The second-order valence-electron chi connectivity index (χ2n) is 10.5. The normalized spacial score (nSPS) is 22.9. The number of nitrogens with one attached hydrogen (secondary N) is 1. The Morgan fingerprint density at radius 1 is 1.00 bits per heavy atom. The van der Waals surface area contributed by atoms with Gasteiger partial charge in [0.2, 0.25) is 11.8 Å². The Morgan fingerprint density at radius 3 is 2.50 bits per heavy atom. The highest BCUT2D eigenvalue weighted by atomic mass is 16.5. The highest BCUT2D eigenvalue weighted by molar-refractivity contribution is 5.97. The van der Waals surface area contributed by atoms with Crippen molar-refractivity contribution in [3.05, 3.63) is 70.9 Å². The van der Waals surface area contributed by atoms with E-state index in [1.165, 1.54) is 5.56 Å². The predicted octanol–water partition coefficient (Wildman–Crippen LogP) is 3.31. The van der Waals surface area contributed by atoms with Crippen LogP contribution in [0.2, 0.25) is 0 Å². The highest BCUT2D eigenvalue weighted by Crippen LogP contribution is 2.42. The lowest BCUT2D eigenvalue weighted by molar-refractivity contribution is -0.158. The molecular formula is C29H34N4O3. The number of piperazine rings is 1. The van der Waals surface area contributed by atoms with Crippen molar-refractivity contribution >= 4 is 22.7 Å². The van der Waals surface area contributed by atoms with Gasteiger partial charge in [0, 0.05) is 49.2 Å². The largest absolute Gasteiger partial charge is 0.379 e. The van der Waals surface area contributed by atoms with Gasteiger partial charge in [-0.15, -0.1) is 0 Å². The number of H-pyrrole nitrogens is 1. The van der Waals surface area contributed by atoms with Crippen LogP contribution in [0.25, 0.3) is 10.9 Å². The Balaban J connectivity index is 1.36. The van der Waals surface area contributed by atoms with Crippen molar-refractivity contribution in [2.75, 3.05) is 45.9 Å². The third-order valence-electron chi connectivity index (χ3n) is 8.05. The van der Waals surface area contributed by atoms with Crippen molar-refractivity contribution < 1.29 is 14.3 Å². The third kappa shape index (κ3) is 4.00. The number of aromatic amines is 1. The maximum atomic E-state index is 13.8. The van der Waals surface area contributed by atoms with Crippen molar-refractivity contribution in [3.63, 3.8) is 0 Å². The fourth-order valence-electron chi connectivity index (χ4n) is 6.01. The molecule has 3 aliphatic heterocycles. The molecule has 2 saturated heterocycles. The van der Waals surface area contributed by atoms with Gasteiger partial charge in [-0.2, -0.15) is 0 Å². The fourth-order valence-corrected chi connectivity index (χ4v) is 6.01. The summed E-state index contributed by atoms with van der Waals surface area (Å²) in [6.07, 6.45) is 0.540. The molecule has 36 heavy (non-hydrogen) atoms. The maximum Gasteiger partial charge on any atom is 0.246 e. The molecule has 0 bridgehead atoms. The molecule has 7 heteroatoms. The first-order chi connectivity index (χ1) is 17.5. The molecule has 3 aliphatic rings. The predicted molar refractivity (Wildman–Crippen MR) is 139 cm³/mol. The summed E-state index contributed by atoms with van der Waals surface area (Å²) in [6, 6.07) is 16.0. The number of rotatable bonds is 5. The summed E-state index contributed by atoms with van der Waals surface area (Å²) in [4.78, 5) is 37.1. The molecule has 2 atom stereocenters. The lowest BCUT2D eigenvalue weighted by Gasteiger charge is -2.47. The number of hydrogen-bond acceptors (Lipinski definition) is 4. The van der Waals surface area contributed by atoms with E-state index in [0.29, 0.717) is 18.9 Å². The summed E-state index contributed by atoms with van der Waals surface area (Å²) in [5.74, 6) is 0.506. The van der Waals surface area contributed by atoms with Gasteiger partial charge < -0.3 is 19.5 Å². The minimum atomic E-state index is -0.488. The molecule has 4 heterocycles. The minimum Gasteiger partial charge on any atom is -0.379 e. The Kier molecular flexibility index (Phi) is 6.05. The highest BCUT2D eigenvalue weighted by Gasteiger charge is 2.48. The van der Waals surface area contributed by atoms with Crippen LogP contribution in [-0.4, -0.2) is 83.5 Å². The van der Waals surface area contributed by atoms with E-state index in [-0.39, 0.29) is 24.4 Å². The zero-order valence-corrected chi connectivity index (χ0v) is 21.1. The lowest BCUT2D eigenvalue weighted by Crippen LogP contribution is -2.63. The molecular weight excluding hydrogens is 452 g/mol. The molecule has 1 N–H and O–H groups in total. The van der Waals surface area contributed by atoms with E-state index in [1.54, 1.807) is 4.90 Å². The summed E-state index contributed by atoms with van der Waals surface area (Å²) < 4.78 is 5.45. The summed E-state index contributed by atoms with van der Waals surface area (Å²) in [5.41, 5.74) is 5.54. The van der Waals surface area contributed by atoms with Crippen molar-refractivity contribution in [3.8, 4) is 0 Å². The summed E-state index contributed by atoms with van der Waals surface area (Å²) in [5, 5.41) is 1.14. The Morgan fingerprint density at radius 2 is 1.75 bits per heavy atom. The van der Waals surface area contributed by atoms with Gasteiger partial charge in [-0.05, 0) is 28.7 Å². The molecule has 0 saturated carbocycles. The van der Waals surface area contributed by atoms with Gasteiger partial charge in [0.1, 0.15) is 6.04 Å². The van der Waals surface area contributed by atoms with Gasteiger partial charge in [-0.25, -0.2) is 0 Å². The van der Waals surface area contributed by atoms with Crippen molar-refractivity contribution in [1.29, 1.82) is 0 Å². The molecule has 0 radical (unpaired) electrons. The molecule has 188 valence electrons. The summed E-state index contributed by atoms with van der Waals surface area (Å²) in [7, 11) is 0. The Hall–Kier alpha value is -3.16. The van der Waals surface area contributed by atoms with E-state index in [9.17, 15) is 9.59 Å². The molecule has 6 rings (SSSR count). The number of aromatic nitrogens is 1. The molecule has 2 aromatic carbocycles. The van der Waals surface area contributed by atoms with Gasteiger partial charge in [-0.3, -0.25) is 14.5 Å². The molecule has 0 aliphatic carbocycles. The average Bonchev–Trinajstić information content (AvgIpc) is 3.28. The molecule has 7 nitrogen and oxygen atoms in total. The smallest absolute Gasteiger partial charge is 0.246 e. The van der Waals surface area contributed by atoms with Gasteiger partial charge in [0.25, 0.3) is 0 Å². The fraction of sp³-hybridized carbons (Fsp3) is 0.448. The quantitative estimate of drug-likeness (QED) is 0.601. The van der Waals surface area contributed by atoms with Crippen LogP contribution in [0.3, 0.4) is 0 Å². The van der Waals surface area contributed by atoms with E-state index in [2.05, 4.69) is 60.1 Å². The standard InChI is InChI=1S/C29H34N4O3/c1-19(2)20-7-9-21(10-8-20)28-27-23(22-5-3-4-6-24(22)30-27)17-25-29(35)32(18-26(34)33(25)28)12-11-31-13-15-36-16-14-31/h3-10,19,25,28,30H,11-18H2,1-2H3/t25-,28?/m0/s1. The molecule has 0 spiro atoms. The van der Waals surface area contributed by atoms with E-state index in [1.807, 2.05) is 17.0 Å². The second kappa shape index (κ2) is 9.37. The van der Waals surface area contributed by atoms with Crippen LogP contribution in [0.1, 0.15) is 48.2 Å². The SMILES string of the molecule is CC(C)c1ccc(C2c3[nH]c4ccccc4c3C[C@H]3C(=O)N(CCN4CCOCC4)CC(=O)N23)cc1. The van der Waals surface area contributed by atoms with E-state index < -0.39 is 6.04 Å². The summed E-state index contributed by atoms with van der Waals surface area (Å²) in [6.45, 7) is 9.04. The number of para-hydroxylation sites is 1. The number of hydrogen-bond donors (Lipinski definition) is 1. The Bertz CT molecular complexity index is 1280.